The Labute approximate surface area is 116 Å². The van der Waals surface area contributed by atoms with Crippen LogP contribution < -0.4 is 5.32 Å². The maximum atomic E-state index is 4.69. The highest BCUT2D eigenvalue weighted by Crippen LogP contribution is 2.28. The number of hydrogen-bond acceptors (Lipinski definition) is 4. The normalized spacial score (nSPS) is 10.8. The summed E-state index contributed by atoms with van der Waals surface area (Å²) in [7, 11) is 0. The molecule has 0 saturated carbocycles. The Morgan fingerprint density at radius 1 is 1.21 bits per heavy atom. The molecule has 0 aliphatic carbocycles. The van der Waals surface area contributed by atoms with E-state index in [4.69, 9.17) is 0 Å². The quantitative estimate of drug-likeness (QED) is 0.781. The van der Waals surface area contributed by atoms with E-state index in [1.807, 2.05) is 12.3 Å². The first-order valence-corrected chi connectivity index (χ1v) is 7.19. The minimum Gasteiger partial charge on any atom is -0.357 e. The molecule has 96 valence electrons. The van der Waals surface area contributed by atoms with Crippen molar-refractivity contribution in [3.8, 4) is 0 Å². The van der Waals surface area contributed by atoms with Crippen LogP contribution >= 0.6 is 11.3 Å². The molecule has 4 heteroatoms. The summed E-state index contributed by atoms with van der Waals surface area (Å²) in [5.74, 6) is 0. The second-order valence-corrected chi connectivity index (χ2v) is 5.38. The third-order valence-electron chi connectivity index (χ3n) is 3.05. The van der Waals surface area contributed by atoms with Crippen LogP contribution in [0.1, 0.15) is 18.1 Å². The number of anilines is 1. The zero-order valence-corrected chi connectivity index (χ0v) is 11.6. The molecule has 2 aromatic heterocycles. The second kappa shape index (κ2) is 5.36. The lowest BCUT2D eigenvalue weighted by atomic mass is 10.1. The number of aryl methyl sites for hydroxylation is 1. The summed E-state index contributed by atoms with van der Waals surface area (Å²) in [5, 5.41) is 4.34. The van der Waals surface area contributed by atoms with Gasteiger partial charge in [-0.15, -0.1) is 0 Å². The van der Waals surface area contributed by atoms with Gasteiger partial charge in [0.1, 0.15) is 0 Å². The molecule has 0 aliphatic rings. The van der Waals surface area contributed by atoms with Crippen LogP contribution in [0.25, 0.3) is 10.2 Å². The molecule has 3 nitrogen and oxygen atoms in total. The Morgan fingerprint density at radius 3 is 2.95 bits per heavy atom. The Bertz CT molecular complexity index is 676. The maximum absolute atomic E-state index is 4.69. The van der Waals surface area contributed by atoms with Crippen LogP contribution in [0.3, 0.4) is 0 Å². The van der Waals surface area contributed by atoms with Gasteiger partial charge in [-0.3, -0.25) is 4.98 Å². The molecule has 1 N–H and O–H groups in total. The number of nitrogens with one attached hydrogen (secondary N) is 1. The maximum Gasteiger partial charge on any atom is 0.184 e. The van der Waals surface area contributed by atoms with Crippen LogP contribution in [0, 0.1) is 0 Å². The molecule has 0 atom stereocenters. The highest BCUT2D eigenvalue weighted by atomic mass is 32.1. The Kier molecular flexibility index (Phi) is 3.42. The molecule has 0 spiro atoms. The van der Waals surface area contributed by atoms with Crippen LogP contribution in [0.15, 0.2) is 42.7 Å². The summed E-state index contributed by atoms with van der Waals surface area (Å²) in [4.78, 5) is 8.80. The summed E-state index contributed by atoms with van der Waals surface area (Å²) in [6.45, 7) is 2.92. The molecule has 3 aromatic rings. The lowest BCUT2D eigenvalue weighted by Gasteiger charge is -2.01. The van der Waals surface area contributed by atoms with E-state index in [2.05, 4.69) is 46.5 Å². The SMILES string of the molecule is CCc1cccc2sc(NCc3cccnc3)nc12. The number of para-hydroxylation sites is 1. The standard InChI is InChI=1S/C15H15N3S/c1-2-12-6-3-7-13-14(12)18-15(19-13)17-10-11-5-4-8-16-9-11/h3-9H,2,10H2,1H3,(H,17,18). The van der Waals surface area contributed by atoms with Crippen molar-refractivity contribution < 1.29 is 0 Å². The lowest BCUT2D eigenvalue weighted by Crippen LogP contribution is -1.98. The van der Waals surface area contributed by atoms with Gasteiger partial charge in [-0.1, -0.05) is 36.5 Å². The van der Waals surface area contributed by atoms with E-state index in [1.165, 1.54) is 10.3 Å². The van der Waals surface area contributed by atoms with Crippen LogP contribution in [0.5, 0.6) is 0 Å². The molecule has 1 aromatic carbocycles. The summed E-state index contributed by atoms with van der Waals surface area (Å²) in [6.07, 6.45) is 4.68. The average Bonchev–Trinajstić information content (AvgIpc) is 2.89. The fraction of sp³-hybridized carbons (Fsp3) is 0.200. The molecule has 0 bridgehead atoms. The Hall–Kier alpha value is -1.94. The van der Waals surface area contributed by atoms with Crippen molar-refractivity contribution in [3.05, 3.63) is 53.9 Å². The summed E-state index contributed by atoms with van der Waals surface area (Å²) in [5.41, 5.74) is 3.60. The van der Waals surface area contributed by atoms with Crippen LogP contribution in [0.2, 0.25) is 0 Å². The van der Waals surface area contributed by atoms with E-state index in [0.717, 1.165) is 29.2 Å². The third kappa shape index (κ3) is 2.58. The van der Waals surface area contributed by atoms with Crippen LogP contribution in [-0.2, 0) is 13.0 Å². The number of benzene rings is 1. The number of pyridine rings is 1. The summed E-state index contributed by atoms with van der Waals surface area (Å²) in [6, 6.07) is 10.4. The highest BCUT2D eigenvalue weighted by Gasteiger charge is 2.06. The first-order valence-electron chi connectivity index (χ1n) is 6.38. The number of aromatic nitrogens is 2. The van der Waals surface area contributed by atoms with Crippen molar-refractivity contribution in [2.75, 3.05) is 5.32 Å². The number of hydrogen-bond donors (Lipinski definition) is 1. The molecule has 3 rings (SSSR count). The molecular weight excluding hydrogens is 254 g/mol. The molecule has 0 aliphatic heterocycles. The molecule has 0 unspecified atom stereocenters. The highest BCUT2D eigenvalue weighted by molar-refractivity contribution is 7.22. The lowest BCUT2D eigenvalue weighted by molar-refractivity contribution is 1.10. The molecule has 2 heterocycles. The van der Waals surface area contributed by atoms with Crippen molar-refractivity contribution in [2.45, 2.75) is 19.9 Å². The second-order valence-electron chi connectivity index (χ2n) is 4.35. The van der Waals surface area contributed by atoms with Gasteiger partial charge in [0.25, 0.3) is 0 Å². The van der Waals surface area contributed by atoms with Gasteiger partial charge in [0, 0.05) is 18.9 Å². The largest absolute Gasteiger partial charge is 0.357 e. The van der Waals surface area contributed by atoms with Gasteiger partial charge in [0.2, 0.25) is 0 Å². The fourth-order valence-electron chi connectivity index (χ4n) is 2.05. The first-order chi connectivity index (χ1) is 9.36. The van der Waals surface area contributed by atoms with Crippen molar-refractivity contribution in [1.29, 1.82) is 0 Å². The zero-order chi connectivity index (χ0) is 13.1. The van der Waals surface area contributed by atoms with E-state index < -0.39 is 0 Å². The van der Waals surface area contributed by atoms with Gasteiger partial charge in [0.05, 0.1) is 10.2 Å². The van der Waals surface area contributed by atoms with Gasteiger partial charge < -0.3 is 5.32 Å². The number of thiazole rings is 1. The zero-order valence-electron chi connectivity index (χ0n) is 10.8. The van der Waals surface area contributed by atoms with E-state index in [9.17, 15) is 0 Å². The molecule has 0 radical (unpaired) electrons. The molecule has 0 amide bonds. The average molecular weight is 269 g/mol. The van der Waals surface area contributed by atoms with E-state index in [-0.39, 0.29) is 0 Å². The number of rotatable bonds is 4. The summed E-state index contributed by atoms with van der Waals surface area (Å²) >= 11 is 1.70. The minimum absolute atomic E-state index is 0.759. The van der Waals surface area contributed by atoms with Gasteiger partial charge >= 0.3 is 0 Å². The van der Waals surface area contributed by atoms with Gasteiger partial charge in [-0.25, -0.2) is 4.98 Å². The van der Waals surface area contributed by atoms with Crippen LogP contribution in [-0.4, -0.2) is 9.97 Å². The van der Waals surface area contributed by atoms with Crippen molar-refractivity contribution in [1.82, 2.24) is 9.97 Å². The fourth-order valence-corrected chi connectivity index (χ4v) is 2.96. The minimum atomic E-state index is 0.759. The Morgan fingerprint density at radius 2 is 2.16 bits per heavy atom. The van der Waals surface area contributed by atoms with E-state index in [0.29, 0.717) is 0 Å². The third-order valence-corrected chi connectivity index (χ3v) is 4.03. The van der Waals surface area contributed by atoms with Gasteiger partial charge in [-0.05, 0) is 29.7 Å². The predicted molar refractivity (Wildman–Crippen MR) is 80.6 cm³/mol. The molecule has 0 fully saturated rings. The first kappa shape index (κ1) is 12.1. The van der Waals surface area contributed by atoms with E-state index >= 15 is 0 Å². The van der Waals surface area contributed by atoms with Gasteiger partial charge in [0.15, 0.2) is 5.13 Å². The number of fused-ring (bicyclic) bond motifs is 1. The molecule has 19 heavy (non-hydrogen) atoms. The van der Waals surface area contributed by atoms with E-state index in [1.54, 1.807) is 17.5 Å². The smallest absolute Gasteiger partial charge is 0.184 e. The monoisotopic (exact) mass is 269 g/mol. The van der Waals surface area contributed by atoms with Crippen LogP contribution in [0.4, 0.5) is 5.13 Å². The van der Waals surface area contributed by atoms with Crippen molar-refractivity contribution in [3.63, 3.8) is 0 Å². The topological polar surface area (TPSA) is 37.8 Å². The number of nitrogens with zero attached hydrogens (tertiary/aromatic N) is 2. The Balaban J connectivity index is 1.82. The van der Waals surface area contributed by atoms with Gasteiger partial charge in [-0.2, -0.15) is 0 Å². The van der Waals surface area contributed by atoms with Crippen molar-refractivity contribution >= 4 is 26.7 Å². The predicted octanol–water partition coefficient (Wildman–Crippen LogP) is 3.87. The molecule has 0 saturated heterocycles. The van der Waals surface area contributed by atoms with Crippen molar-refractivity contribution in [2.24, 2.45) is 0 Å². The summed E-state index contributed by atoms with van der Waals surface area (Å²) < 4.78 is 1.24. The molecular formula is C15H15N3S.